The van der Waals surface area contributed by atoms with E-state index in [1.54, 1.807) is 14.0 Å². The van der Waals surface area contributed by atoms with Crippen LogP contribution in [0.2, 0.25) is 0 Å². The third-order valence-corrected chi connectivity index (χ3v) is 2.90. The Hall–Kier alpha value is -2.49. The molecule has 0 amide bonds. The fraction of sp³-hybridized carbons (Fsp3) is 0.188. The Bertz CT molecular complexity index is 637. The van der Waals surface area contributed by atoms with E-state index < -0.39 is 5.97 Å². The molecule has 0 saturated carbocycles. The molecule has 4 heteroatoms. The molecule has 0 atom stereocenters. The molecule has 0 bridgehead atoms. The number of carbonyl (C=O) groups excluding carboxylic acids is 1. The summed E-state index contributed by atoms with van der Waals surface area (Å²) >= 11 is 0. The highest BCUT2D eigenvalue weighted by molar-refractivity contribution is 5.90. The molecule has 1 aromatic carbocycles. The lowest BCUT2D eigenvalue weighted by molar-refractivity contribution is -0.134. The van der Waals surface area contributed by atoms with E-state index in [-0.39, 0.29) is 0 Å². The number of carbonyl (C=O) groups is 1. The summed E-state index contributed by atoms with van der Waals surface area (Å²) in [5.41, 5.74) is 1.57. The van der Waals surface area contributed by atoms with E-state index in [0.717, 1.165) is 11.3 Å². The Morgan fingerprint density at radius 3 is 2.60 bits per heavy atom. The van der Waals surface area contributed by atoms with Gasteiger partial charge in [0.05, 0.1) is 19.8 Å². The standard InChI is InChI=1S/C16H16O4/c1-11(10-16(17)19-3)13-8-9-15(20-13)12-6-4-5-7-14(12)18-2/h4-10H,1-3H3/b11-10+. The summed E-state index contributed by atoms with van der Waals surface area (Å²) in [4.78, 5) is 11.2. The molecule has 4 nitrogen and oxygen atoms in total. The summed E-state index contributed by atoms with van der Waals surface area (Å²) in [7, 11) is 2.96. The van der Waals surface area contributed by atoms with E-state index in [9.17, 15) is 4.79 Å². The fourth-order valence-electron chi connectivity index (χ4n) is 1.85. The van der Waals surface area contributed by atoms with Crippen molar-refractivity contribution in [3.05, 3.63) is 48.2 Å². The molecule has 0 N–H and O–H groups in total. The van der Waals surface area contributed by atoms with Crippen LogP contribution in [0.15, 0.2) is 46.9 Å². The molecule has 104 valence electrons. The quantitative estimate of drug-likeness (QED) is 0.631. The summed E-state index contributed by atoms with van der Waals surface area (Å²) < 4.78 is 15.7. The smallest absolute Gasteiger partial charge is 0.330 e. The highest BCUT2D eigenvalue weighted by Crippen LogP contribution is 2.32. The van der Waals surface area contributed by atoms with Gasteiger partial charge in [-0.15, -0.1) is 0 Å². The van der Waals surface area contributed by atoms with Gasteiger partial charge in [-0.3, -0.25) is 0 Å². The van der Waals surface area contributed by atoms with Crippen molar-refractivity contribution >= 4 is 11.5 Å². The first-order valence-corrected chi connectivity index (χ1v) is 6.15. The van der Waals surface area contributed by atoms with E-state index in [4.69, 9.17) is 9.15 Å². The molecule has 2 rings (SSSR count). The molecule has 0 aliphatic heterocycles. The maximum atomic E-state index is 11.2. The van der Waals surface area contributed by atoms with Gasteiger partial charge in [0.2, 0.25) is 0 Å². The van der Waals surface area contributed by atoms with Crippen LogP contribution in [0.1, 0.15) is 12.7 Å². The lowest BCUT2D eigenvalue weighted by Gasteiger charge is -2.05. The Morgan fingerprint density at radius 1 is 1.15 bits per heavy atom. The van der Waals surface area contributed by atoms with Crippen LogP contribution >= 0.6 is 0 Å². The number of methoxy groups -OCH3 is 2. The van der Waals surface area contributed by atoms with Gasteiger partial charge < -0.3 is 13.9 Å². The van der Waals surface area contributed by atoms with Crippen molar-refractivity contribution in [2.24, 2.45) is 0 Å². The van der Waals surface area contributed by atoms with E-state index in [1.807, 2.05) is 36.4 Å². The Labute approximate surface area is 117 Å². The molecule has 1 heterocycles. The van der Waals surface area contributed by atoms with Gasteiger partial charge in [0.15, 0.2) is 0 Å². The van der Waals surface area contributed by atoms with Crippen LogP contribution in [0.4, 0.5) is 0 Å². The molecule has 0 spiro atoms. The summed E-state index contributed by atoms with van der Waals surface area (Å²) in [6.45, 7) is 1.79. The van der Waals surface area contributed by atoms with Crippen LogP contribution in [0.5, 0.6) is 5.75 Å². The molecule has 0 radical (unpaired) electrons. The molecule has 1 aromatic heterocycles. The van der Waals surface area contributed by atoms with Crippen molar-refractivity contribution in [1.29, 1.82) is 0 Å². The number of ether oxygens (including phenoxy) is 2. The van der Waals surface area contributed by atoms with Crippen LogP contribution in [0.25, 0.3) is 16.9 Å². The minimum atomic E-state index is -0.405. The van der Waals surface area contributed by atoms with Gasteiger partial charge >= 0.3 is 5.97 Å². The monoisotopic (exact) mass is 272 g/mol. The molecule has 0 aliphatic carbocycles. The number of esters is 1. The number of para-hydroxylation sites is 1. The van der Waals surface area contributed by atoms with Crippen LogP contribution in [-0.4, -0.2) is 20.2 Å². The third kappa shape index (κ3) is 2.91. The number of furan rings is 1. The Balaban J connectivity index is 2.34. The second kappa shape index (κ2) is 6.10. The Morgan fingerprint density at radius 2 is 1.90 bits per heavy atom. The minimum Gasteiger partial charge on any atom is -0.496 e. The SMILES string of the molecule is COC(=O)/C=C(\C)c1ccc(-c2ccccc2OC)o1. The van der Waals surface area contributed by atoms with E-state index >= 15 is 0 Å². The molecule has 0 aliphatic rings. The van der Waals surface area contributed by atoms with Crippen molar-refractivity contribution in [3.8, 4) is 17.1 Å². The number of hydrogen-bond donors (Lipinski definition) is 0. The van der Waals surface area contributed by atoms with Crippen LogP contribution in [0, 0.1) is 0 Å². The highest BCUT2D eigenvalue weighted by atomic mass is 16.5. The first-order valence-electron chi connectivity index (χ1n) is 6.15. The number of rotatable bonds is 4. The van der Waals surface area contributed by atoms with Crippen molar-refractivity contribution in [1.82, 2.24) is 0 Å². The van der Waals surface area contributed by atoms with Crippen LogP contribution in [0.3, 0.4) is 0 Å². The van der Waals surface area contributed by atoms with Gasteiger partial charge in [-0.1, -0.05) is 12.1 Å². The van der Waals surface area contributed by atoms with E-state index in [0.29, 0.717) is 17.1 Å². The van der Waals surface area contributed by atoms with Gasteiger partial charge in [0.25, 0.3) is 0 Å². The lowest BCUT2D eigenvalue weighted by atomic mass is 10.1. The average Bonchev–Trinajstić information content (AvgIpc) is 2.96. The molecule has 20 heavy (non-hydrogen) atoms. The summed E-state index contributed by atoms with van der Waals surface area (Å²) in [6.07, 6.45) is 1.39. The minimum absolute atomic E-state index is 0.405. The zero-order valence-corrected chi connectivity index (χ0v) is 11.7. The van der Waals surface area contributed by atoms with E-state index in [2.05, 4.69) is 4.74 Å². The van der Waals surface area contributed by atoms with Crippen molar-refractivity contribution < 1.29 is 18.7 Å². The lowest BCUT2D eigenvalue weighted by Crippen LogP contribution is -1.95. The molecule has 2 aromatic rings. The van der Waals surface area contributed by atoms with Crippen molar-refractivity contribution in [2.75, 3.05) is 14.2 Å². The Kier molecular flexibility index (Phi) is 4.25. The van der Waals surface area contributed by atoms with Gasteiger partial charge in [-0.05, 0) is 36.8 Å². The highest BCUT2D eigenvalue weighted by Gasteiger charge is 2.11. The predicted molar refractivity (Wildman–Crippen MR) is 76.4 cm³/mol. The number of hydrogen-bond acceptors (Lipinski definition) is 4. The normalized spacial score (nSPS) is 11.2. The third-order valence-electron chi connectivity index (χ3n) is 2.90. The summed E-state index contributed by atoms with van der Waals surface area (Å²) in [6, 6.07) is 11.3. The molecule has 0 unspecified atom stereocenters. The maximum Gasteiger partial charge on any atom is 0.330 e. The maximum absolute atomic E-state index is 11.2. The van der Waals surface area contributed by atoms with Gasteiger partial charge in [0.1, 0.15) is 17.3 Å². The average molecular weight is 272 g/mol. The first kappa shape index (κ1) is 13.9. The van der Waals surface area contributed by atoms with Gasteiger partial charge in [-0.2, -0.15) is 0 Å². The van der Waals surface area contributed by atoms with Crippen molar-refractivity contribution in [2.45, 2.75) is 6.92 Å². The van der Waals surface area contributed by atoms with Crippen molar-refractivity contribution in [3.63, 3.8) is 0 Å². The number of benzene rings is 1. The topological polar surface area (TPSA) is 48.7 Å². The predicted octanol–water partition coefficient (Wildman–Crippen LogP) is 3.53. The van der Waals surface area contributed by atoms with Gasteiger partial charge in [0, 0.05) is 6.08 Å². The second-order valence-corrected chi connectivity index (χ2v) is 4.21. The van der Waals surface area contributed by atoms with E-state index in [1.165, 1.54) is 13.2 Å². The second-order valence-electron chi connectivity index (χ2n) is 4.21. The fourth-order valence-corrected chi connectivity index (χ4v) is 1.85. The molecular weight excluding hydrogens is 256 g/mol. The van der Waals surface area contributed by atoms with Crippen LogP contribution < -0.4 is 4.74 Å². The molecule has 0 fully saturated rings. The molecule has 0 saturated heterocycles. The first-order chi connectivity index (χ1) is 9.65. The molecular formula is C16H16O4. The van der Waals surface area contributed by atoms with Crippen LogP contribution in [-0.2, 0) is 9.53 Å². The van der Waals surface area contributed by atoms with Gasteiger partial charge in [-0.25, -0.2) is 4.79 Å². The zero-order valence-electron chi connectivity index (χ0n) is 11.7. The summed E-state index contributed by atoms with van der Waals surface area (Å²) in [5, 5.41) is 0. The number of allylic oxidation sites excluding steroid dienone is 1. The summed E-state index contributed by atoms with van der Waals surface area (Å²) in [5.74, 6) is 1.65. The zero-order chi connectivity index (χ0) is 14.5. The largest absolute Gasteiger partial charge is 0.496 e.